The van der Waals surface area contributed by atoms with Crippen LogP contribution in [0.3, 0.4) is 0 Å². The number of halogens is 4. The summed E-state index contributed by atoms with van der Waals surface area (Å²) in [6.07, 6.45) is -4.60. The highest BCUT2D eigenvalue weighted by molar-refractivity contribution is 9.10. The van der Waals surface area contributed by atoms with E-state index in [9.17, 15) is 22.8 Å². The van der Waals surface area contributed by atoms with Crippen LogP contribution in [0.25, 0.3) is 0 Å². The molecule has 0 atom stereocenters. The Kier molecular flexibility index (Phi) is 5.08. The molecule has 2 amide bonds. The van der Waals surface area contributed by atoms with E-state index in [1.54, 1.807) is 6.07 Å². The molecule has 0 bridgehead atoms. The Balaban J connectivity index is 1.69. The molecule has 138 valence electrons. The average Bonchev–Trinajstić information content (AvgIpc) is 3.06. The van der Waals surface area contributed by atoms with Gasteiger partial charge in [0.15, 0.2) is 10.4 Å². The van der Waals surface area contributed by atoms with Crippen molar-refractivity contribution in [1.29, 1.82) is 0 Å². The highest BCUT2D eigenvalue weighted by atomic mass is 79.9. The fourth-order valence-electron chi connectivity index (χ4n) is 2.78. The van der Waals surface area contributed by atoms with Gasteiger partial charge in [0, 0.05) is 26.2 Å². The van der Waals surface area contributed by atoms with E-state index in [1.807, 2.05) is 0 Å². The molecule has 1 fully saturated rings. The first kappa shape index (κ1) is 18.5. The number of nitrogens with zero attached hydrogens (tertiary/aromatic N) is 2. The van der Waals surface area contributed by atoms with Crippen molar-refractivity contribution in [1.82, 2.24) is 9.80 Å². The second-order valence-corrected chi connectivity index (χ2v) is 6.51. The van der Waals surface area contributed by atoms with Crippen molar-refractivity contribution in [2.24, 2.45) is 0 Å². The van der Waals surface area contributed by atoms with E-state index in [4.69, 9.17) is 4.42 Å². The molecule has 0 spiro atoms. The molecule has 1 aromatic heterocycles. The number of furan rings is 1. The lowest BCUT2D eigenvalue weighted by molar-refractivity contribution is -0.138. The molecule has 1 aliphatic heterocycles. The molecule has 3 rings (SSSR count). The second kappa shape index (κ2) is 7.14. The lowest BCUT2D eigenvalue weighted by Crippen LogP contribution is -2.50. The second-order valence-electron chi connectivity index (χ2n) is 5.73. The zero-order valence-corrected chi connectivity index (χ0v) is 15.0. The summed E-state index contributed by atoms with van der Waals surface area (Å²) >= 11 is 3.12. The van der Waals surface area contributed by atoms with Crippen molar-refractivity contribution in [2.75, 3.05) is 26.2 Å². The average molecular weight is 431 g/mol. The third kappa shape index (κ3) is 3.77. The molecule has 2 aromatic rings. The van der Waals surface area contributed by atoms with Crippen LogP contribution in [-0.2, 0) is 6.18 Å². The van der Waals surface area contributed by atoms with Gasteiger partial charge >= 0.3 is 6.18 Å². The van der Waals surface area contributed by atoms with E-state index >= 15 is 0 Å². The lowest BCUT2D eigenvalue weighted by Gasteiger charge is -2.34. The highest BCUT2D eigenvalue weighted by Gasteiger charge is 2.36. The number of carbonyl (C=O) groups excluding carboxylic acids is 2. The molecule has 1 aliphatic rings. The third-order valence-corrected chi connectivity index (χ3v) is 4.53. The van der Waals surface area contributed by atoms with Gasteiger partial charge in [0.05, 0.1) is 11.1 Å². The number of amides is 2. The van der Waals surface area contributed by atoms with Crippen LogP contribution in [0.15, 0.2) is 45.5 Å². The molecule has 5 nitrogen and oxygen atoms in total. The SMILES string of the molecule is O=C(c1ccc(Br)o1)N1CCN(C(=O)c2ccccc2C(F)(F)F)CC1. The quantitative estimate of drug-likeness (QED) is 0.730. The normalized spacial score (nSPS) is 15.2. The van der Waals surface area contributed by atoms with Crippen LogP contribution in [0.2, 0.25) is 0 Å². The van der Waals surface area contributed by atoms with Crippen LogP contribution in [0.4, 0.5) is 13.2 Å². The first-order valence-corrected chi connectivity index (χ1v) is 8.57. The first-order chi connectivity index (χ1) is 12.3. The van der Waals surface area contributed by atoms with Crippen LogP contribution in [0.5, 0.6) is 0 Å². The van der Waals surface area contributed by atoms with Gasteiger partial charge in [-0.05, 0) is 40.2 Å². The number of hydrogen-bond donors (Lipinski definition) is 0. The number of piperazine rings is 1. The smallest absolute Gasteiger partial charge is 0.417 e. The topological polar surface area (TPSA) is 53.8 Å². The molecule has 0 saturated carbocycles. The summed E-state index contributed by atoms with van der Waals surface area (Å²) in [6, 6.07) is 7.84. The zero-order valence-electron chi connectivity index (χ0n) is 13.4. The molecule has 26 heavy (non-hydrogen) atoms. The predicted molar refractivity (Wildman–Crippen MR) is 89.7 cm³/mol. The van der Waals surface area contributed by atoms with Crippen LogP contribution in [-0.4, -0.2) is 47.8 Å². The van der Waals surface area contributed by atoms with Gasteiger partial charge < -0.3 is 14.2 Å². The van der Waals surface area contributed by atoms with Gasteiger partial charge in [-0.3, -0.25) is 9.59 Å². The van der Waals surface area contributed by atoms with Crippen molar-refractivity contribution in [2.45, 2.75) is 6.18 Å². The molecule has 0 unspecified atom stereocenters. The highest BCUT2D eigenvalue weighted by Crippen LogP contribution is 2.32. The standard InChI is InChI=1S/C17H14BrF3N2O3/c18-14-6-5-13(26-14)16(25)23-9-7-22(8-10-23)15(24)11-3-1-2-4-12(11)17(19,20)21/h1-6H,7-10H2. The number of hydrogen-bond acceptors (Lipinski definition) is 3. The maximum absolute atomic E-state index is 13.1. The summed E-state index contributed by atoms with van der Waals surface area (Å²) < 4.78 is 44.9. The Morgan fingerprint density at radius 2 is 1.50 bits per heavy atom. The van der Waals surface area contributed by atoms with Crippen molar-refractivity contribution in [3.05, 3.63) is 58.0 Å². The summed E-state index contributed by atoms with van der Waals surface area (Å²) in [6.45, 7) is 0.742. The van der Waals surface area contributed by atoms with E-state index < -0.39 is 17.6 Å². The maximum atomic E-state index is 13.1. The monoisotopic (exact) mass is 430 g/mol. The predicted octanol–water partition coefficient (Wildman–Crippen LogP) is 3.66. The van der Waals surface area contributed by atoms with E-state index in [0.717, 1.165) is 6.07 Å². The lowest BCUT2D eigenvalue weighted by atomic mass is 10.1. The molecule has 2 heterocycles. The minimum Gasteiger partial charge on any atom is -0.444 e. The number of rotatable bonds is 2. The van der Waals surface area contributed by atoms with Crippen molar-refractivity contribution < 1.29 is 27.2 Å². The molecule has 1 saturated heterocycles. The Labute approximate surface area is 155 Å². The number of carbonyl (C=O) groups is 2. The van der Waals surface area contributed by atoms with Crippen molar-refractivity contribution in [3.8, 4) is 0 Å². The minimum absolute atomic E-state index is 0.151. The van der Waals surface area contributed by atoms with Crippen molar-refractivity contribution >= 4 is 27.7 Å². The van der Waals surface area contributed by atoms with Gasteiger partial charge in [-0.1, -0.05) is 12.1 Å². The van der Waals surface area contributed by atoms with Gasteiger partial charge in [-0.25, -0.2) is 0 Å². The van der Waals surface area contributed by atoms with Crippen LogP contribution < -0.4 is 0 Å². The Morgan fingerprint density at radius 3 is 2.04 bits per heavy atom. The van der Waals surface area contributed by atoms with Gasteiger partial charge in [-0.15, -0.1) is 0 Å². The summed E-state index contributed by atoms with van der Waals surface area (Å²) in [5.41, 5.74) is -1.33. The van der Waals surface area contributed by atoms with E-state index in [-0.39, 0.29) is 43.4 Å². The molecule has 0 radical (unpaired) electrons. The Morgan fingerprint density at radius 1 is 0.923 bits per heavy atom. The summed E-state index contributed by atoms with van der Waals surface area (Å²) in [7, 11) is 0. The van der Waals surface area contributed by atoms with Gasteiger partial charge in [-0.2, -0.15) is 13.2 Å². The number of alkyl halides is 3. The van der Waals surface area contributed by atoms with Crippen LogP contribution in [0, 0.1) is 0 Å². The summed E-state index contributed by atoms with van der Waals surface area (Å²) in [5, 5.41) is 0. The molecule has 9 heteroatoms. The van der Waals surface area contributed by atoms with E-state index in [1.165, 1.54) is 34.1 Å². The van der Waals surface area contributed by atoms with Gasteiger partial charge in [0.2, 0.25) is 0 Å². The Bertz CT molecular complexity index is 827. The van der Waals surface area contributed by atoms with Crippen LogP contribution >= 0.6 is 15.9 Å². The van der Waals surface area contributed by atoms with Crippen LogP contribution in [0.1, 0.15) is 26.5 Å². The summed E-state index contributed by atoms with van der Waals surface area (Å²) in [4.78, 5) is 27.6. The van der Waals surface area contributed by atoms with E-state index in [0.29, 0.717) is 4.67 Å². The fourth-order valence-corrected chi connectivity index (χ4v) is 3.09. The van der Waals surface area contributed by atoms with Gasteiger partial charge in [0.1, 0.15) is 0 Å². The minimum atomic E-state index is -4.60. The Hall–Kier alpha value is -2.29. The fraction of sp³-hybridized carbons (Fsp3) is 0.294. The van der Waals surface area contributed by atoms with Gasteiger partial charge in [0.25, 0.3) is 11.8 Å². The largest absolute Gasteiger partial charge is 0.444 e. The molecule has 0 N–H and O–H groups in total. The first-order valence-electron chi connectivity index (χ1n) is 7.77. The third-order valence-electron chi connectivity index (χ3n) is 4.10. The molecular weight excluding hydrogens is 417 g/mol. The maximum Gasteiger partial charge on any atom is 0.417 e. The van der Waals surface area contributed by atoms with Crippen molar-refractivity contribution in [3.63, 3.8) is 0 Å². The van der Waals surface area contributed by atoms with E-state index in [2.05, 4.69) is 15.9 Å². The number of benzene rings is 1. The molecule has 1 aromatic carbocycles. The molecular formula is C17H14BrF3N2O3. The molecule has 0 aliphatic carbocycles. The zero-order chi connectivity index (χ0) is 18.9. The summed E-state index contributed by atoms with van der Waals surface area (Å²) in [5.74, 6) is -0.844.